The highest BCUT2D eigenvalue weighted by Crippen LogP contribution is 2.27. The lowest BCUT2D eigenvalue weighted by Crippen LogP contribution is -2.12. The van der Waals surface area contributed by atoms with Crippen LogP contribution in [0.2, 0.25) is 0 Å². The van der Waals surface area contributed by atoms with Gasteiger partial charge in [-0.15, -0.1) is 0 Å². The van der Waals surface area contributed by atoms with Gasteiger partial charge >= 0.3 is 0 Å². The Morgan fingerprint density at radius 1 is 1.07 bits per heavy atom. The molecule has 0 heterocycles. The number of hydrogen-bond donors (Lipinski definition) is 0. The molecule has 0 amide bonds. The van der Waals surface area contributed by atoms with Gasteiger partial charge in [-0.05, 0) is 41.5 Å². The van der Waals surface area contributed by atoms with Crippen LogP contribution in [0.15, 0.2) is 18.7 Å². The van der Waals surface area contributed by atoms with E-state index in [1.54, 1.807) is 0 Å². The van der Waals surface area contributed by atoms with E-state index in [9.17, 15) is 0 Å². The first-order valence-electron chi connectivity index (χ1n) is 5.10. The van der Waals surface area contributed by atoms with Crippen molar-refractivity contribution in [3.8, 4) is 0 Å². The molecule has 0 aliphatic rings. The van der Waals surface area contributed by atoms with Crippen molar-refractivity contribution in [2.45, 2.75) is 40.0 Å². The van der Waals surface area contributed by atoms with Crippen molar-refractivity contribution >= 4 is 6.08 Å². The lowest BCUT2D eigenvalue weighted by molar-refractivity contribution is 0.589. The lowest BCUT2D eigenvalue weighted by atomic mass is 9.84. The van der Waals surface area contributed by atoms with Crippen LogP contribution in [-0.4, -0.2) is 0 Å². The largest absolute Gasteiger partial charge is 0.0985 e. The number of hydrogen-bond acceptors (Lipinski definition) is 0. The van der Waals surface area contributed by atoms with Gasteiger partial charge in [-0.3, -0.25) is 0 Å². The number of aryl methyl sites for hydroxylation is 2. The fraction of sp³-hybridized carbons (Fsp3) is 0.429. The maximum absolute atomic E-state index is 3.84. The fourth-order valence-electron chi connectivity index (χ4n) is 1.73. The molecule has 0 fully saturated rings. The van der Waals surface area contributed by atoms with Gasteiger partial charge in [-0.2, -0.15) is 0 Å². The third kappa shape index (κ3) is 2.06. The highest BCUT2D eigenvalue weighted by Gasteiger charge is 2.15. The molecule has 0 nitrogen and oxygen atoms in total. The van der Waals surface area contributed by atoms with E-state index < -0.39 is 0 Å². The highest BCUT2D eigenvalue weighted by atomic mass is 14.2. The molecule has 0 unspecified atom stereocenters. The Balaban J connectivity index is 3.35. The number of rotatable bonds is 1. The Hall–Kier alpha value is -1.04. The molecule has 0 atom stereocenters. The van der Waals surface area contributed by atoms with Gasteiger partial charge in [-0.25, -0.2) is 0 Å². The van der Waals surface area contributed by atoms with E-state index in [0.717, 1.165) is 0 Å². The zero-order valence-electron chi connectivity index (χ0n) is 9.94. The number of benzene rings is 1. The zero-order valence-corrected chi connectivity index (χ0v) is 9.94. The Morgan fingerprint density at radius 3 is 1.79 bits per heavy atom. The third-order valence-corrected chi connectivity index (χ3v) is 2.66. The molecule has 76 valence electrons. The van der Waals surface area contributed by atoms with Crippen LogP contribution < -0.4 is 0 Å². The van der Waals surface area contributed by atoms with Gasteiger partial charge in [0.1, 0.15) is 0 Å². The SMILES string of the molecule is C=Cc1c(C)cc(C(C)(C)C)cc1C. The molecule has 1 aromatic rings. The first-order valence-corrected chi connectivity index (χ1v) is 5.10. The van der Waals surface area contributed by atoms with Crippen LogP contribution >= 0.6 is 0 Å². The summed E-state index contributed by atoms with van der Waals surface area (Å²) >= 11 is 0. The molecular weight excluding hydrogens is 168 g/mol. The standard InChI is InChI=1S/C14H20/c1-7-13-10(2)8-12(9-11(13)3)14(4,5)6/h7-9H,1H2,2-6H3. The molecule has 0 aromatic heterocycles. The molecule has 0 heteroatoms. The van der Waals surface area contributed by atoms with Gasteiger partial charge in [0.25, 0.3) is 0 Å². The van der Waals surface area contributed by atoms with Crippen molar-refractivity contribution in [3.63, 3.8) is 0 Å². The van der Waals surface area contributed by atoms with E-state index in [2.05, 4.69) is 53.3 Å². The molecule has 0 saturated carbocycles. The average Bonchev–Trinajstić information content (AvgIpc) is 2.01. The molecule has 0 bridgehead atoms. The van der Waals surface area contributed by atoms with Crippen molar-refractivity contribution in [1.29, 1.82) is 0 Å². The molecule has 0 spiro atoms. The summed E-state index contributed by atoms with van der Waals surface area (Å²) in [6.45, 7) is 14.9. The maximum atomic E-state index is 3.84. The van der Waals surface area contributed by atoms with Gasteiger partial charge in [0.15, 0.2) is 0 Å². The topological polar surface area (TPSA) is 0 Å². The Bertz CT molecular complexity index is 328. The van der Waals surface area contributed by atoms with Crippen LogP contribution in [-0.2, 0) is 5.41 Å². The smallest absolute Gasteiger partial charge is 0.0132 e. The maximum Gasteiger partial charge on any atom is -0.0132 e. The normalized spacial score (nSPS) is 11.5. The Labute approximate surface area is 87.7 Å². The van der Waals surface area contributed by atoms with E-state index in [-0.39, 0.29) is 5.41 Å². The molecular formula is C14H20. The first-order chi connectivity index (χ1) is 6.36. The predicted octanol–water partition coefficient (Wildman–Crippen LogP) is 4.24. The average molecular weight is 188 g/mol. The molecule has 0 aliphatic carbocycles. The van der Waals surface area contributed by atoms with Crippen molar-refractivity contribution in [2.24, 2.45) is 0 Å². The highest BCUT2D eigenvalue weighted by molar-refractivity contribution is 5.57. The molecule has 1 rings (SSSR count). The summed E-state index contributed by atoms with van der Waals surface area (Å²) in [5.74, 6) is 0. The molecule has 14 heavy (non-hydrogen) atoms. The molecule has 1 aromatic carbocycles. The first kappa shape index (κ1) is 11.0. The fourth-order valence-corrected chi connectivity index (χ4v) is 1.73. The van der Waals surface area contributed by atoms with E-state index in [4.69, 9.17) is 0 Å². The van der Waals surface area contributed by atoms with Gasteiger partial charge in [0, 0.05) is 0 Å². The predicted molar refractivity (Wildman–Crippen MR) is 64.7 cm³/mol. The Morgan fingerprint density at radius 2 is 1.50 bits per heavy atom. The van der Waals surface area contributed by atoms with Crippen LogP contribution in [0.4, 0.5) is 0 Å². The van der Waals surface area contributed by atoms with E-state index in [0.29, 0.717) is 0 Å². The minimum absolute atomic E-state index is 0.231. The summed E-state index contributed by atoms with van der Waals surface area (Å²) in [7, 11) is 0. The van der Waals surface area contributed by atoms with Crippen LogP contribution in [0.5, 0.6) is 0 Å². The van der Waals surface area contributed by atoms with E-state index in [1.807, 2.05) is 6.08 Å². The third-order valence-electron chi connectivity index (χ3n) is 2.66. The summed E-state index contributed by atoms with van der Waals surface area (Å²) in [5, 5.41) is 0. The second-order valence-corrected chi connectivity index (χ2v) is 4.98. The van der Waals surface area contributed by atoms with Crippen LogP contribution in [0.25, 0.3) is 6.08 Å². The second-order valence-electron chi connectivity index (χ2n) is 4.98. The van der Waals surface area contributed by atoms with Crippen molar-refractivity contribution in [1.82, 2.24) is 0 Å². The quantitative estimate of drug-likeness (QED) is 0.618. The van der Waals surface area contributed by atoms with Crippen LogP contribution in [0.1, 0.15) is 43.0 Å². The van der Waals surface area contributed by atoms with Crippen molar-refractivity contribution in [2.75, 3.05) is 0 Å². The van der Waals surface area contributed by atoms with Crippen molar-refractivity contribution < 1.29 is 0 Å². The van der Waals surface area contributed by atoms with Gasteiger partial charge in [0.2, 0.25) is 0 Å². The van der Waals surface area contributed by atoms with Crippen molar-refractivity contribution in [3.05, 3.63) is 41.0 Å². The van der Waals surface area contributed by atoms with E-state index >= 15 is 0 Å². The Kier molecular flexibility index (Phi) is 2.84. The summed E-state index contributed by atoms with van der Waals surface area (Å²) < 4.78 is 0. The van der Waals surface area contributed by atoms with E-state index in [1.165, 1.54) is 22.3 Å². The molecule has 0 N–H and O–H groups in total. The monoisotopic (exact) mass is 188 g/mol. The van der Waals surface area contributed by atoms with Gasteiger partial charge in [0.05, 0.1) is 0 Å². The minimum Gasteiger partial charge on any atom is -0.0985 e. The second kappa shape index (κ2) is 3.61. The molecule has 0 aliphatic heterocycles. The van der Waals surface area contributed by atoms with Gasteiger partial charge < -0.3 is 0 Å². The summed E-state index contributed by atoms with van der Waals surface area (Å²) in [6, 6.07) is 4.54. The summed E-state index contributed by atoms with van der Waals surface area (Å²) in [6.07, 6.45) is 1.94. The molecule has 0 radical (unpaired) electrons. The molecule has 0 saturated heterocycles. The van der Waals surface area contributed by atoms with Crippen LogP contribution in [0, 0.1) is 13.8 Å². The van der Waals surface area contributed by atoms with Crippen LogP contribution in [0.3, 0.4) is 0 Å². The van der Waals surface area contributed by atoms with Gasteiger partial charge in [-0.1, -0.05) is 45.6 Å². The minimum atomic E-state index is 0.231. The summed E-state index contributed by atoms with van der Waals surface area (Å²) in [4.78, 5) is 0. The summed E-state index contributed by atoms with van der Waals surface area (Å²) in [5.41, 5.74) is 5.56. The zero-order chi connectivity index (χ0) is 10.9. The lowest BCUT2D eigenvalue weighted by Gasteiger charge is -2.21.